The highest BCUT2D eigenvalue weighted by molar-refractivity contribution is 5.77. The molecule has 0 saturated carbocycles. The van der Waals surface area contributed by atoms with Crippen LogP contribution in [0, 0.1) is 0 Å². The number of nitrogens with zero attached hydrogens (tertiary/aromatic N) is 2. The maximum atomic E-state index is 12.5. The number of aromatic nitrogens is 2. The first kappa shape index (κ1) is 20.1. The Morgan fingerprint density at radius 2 is 2.03 bits per heavy atom. The molecule has 1 aromatic heterocycles. The van der Waals surface area contributed by atoms with E-state index in [4.69, 9.17) is 9.47 Å². The number of para-hydroxylation sites is 1. The van der Waals surface area contributed by atoms with Crippen molar-refractivity contribution in [1.82, 2.24) is 14.9 Å². The van der Waals surface area contributed by atoms with Gasteiger partial charge < -0.3 is 14.8 Å². The van der Waals surface area contributed by atoms with Crippen molar-refractivity contribution >= 4 is 16.8 Å². The Morgan fingerprint density at radius 1 is 1.20 bits per heavy atom. The molecule has 1 fully saturated rings. The molecule has 2 heterocycles. The first-order valence-electron chi connectivity index (χ1n) is 10.2. The van der Waals surface area contributed by atoms with Crippen LogP contribution in [0.3, 0.4) is 0 Å². The van der Waals surface area contributed by atoms with Crippen molar-refractivity contribution in [3.63, 3.8) is 0 Å². The van der Waals surface area contributed by atoms with Crippen LogP contribution in [0.15, 0.2) is 59.7 Å². The Kier molecular flexibility index (Phi) is 6.39. The lowest BCUT2D eigenvalue weighted by atomic mass is 10.2. The van der Waals surface area contributed by atoms with E-state index in [9.17, 15) is 9.59 Å². The third-order valence-corrected chi connectivity index (χ3v) is 5.18. The molecule has 156 valence electrons. The molecule has 0 aliphatic carbocycles. The fourth-order valence-corrected chi connectivity index (χ4v) is 3.44. The monoisotopic (exact) mass is 407 g/mol. The summed E-state index contributed by atoms with van der Waals surface area (Å²) < 4.78 is 12.8. The standard InChI is InChI=1S/C23H25N3O4/c27-22(11-12-26-16-25-21-6-2-1-5-20(21)23(26)28)24-14-17-7-9-18(10-8-17)30-15-19-4-3-13-29-19/h1-2,5-10,16,19H,3-4,11-15H2,(H,24,27). The molecular weight excluding hydrogens is 382 g/mol. The van der Waals surface area contributed by atoms with Crippen LogP contribution in [0.4, 0.5) is 0 Å². The van der Waals surface area contributed by atoms with Gasteiger partial charge in [-0.05, 0) is 42.7 Å². The molecule has 1 aliphatic heterocycles. The van der Waals surface area contributed by atoms with Gasteiger partial charge in [-0.1, -0.05) is 24.3 Å². The second-order valence-electron chi connectivity index (χ2n) is 7.38. The maximum absolute atomic E-state index is 12.5. The second kappa shape index (κ2) is 9.54. The summed E-state index contributed by atoms with van der Waals surface area (Å²) in [6, 6.07) is 14.9. The molecule has 1 N–H and O–H groups in total. The number of amides is 1. The van der Waals surface area contributed by atoms with E-state index < -0.39 is 0 Å². The third-order valence-electron chi connectivity index (χ3n) is 5.18. The number of fused-ring (bicyclic) bond motifs is 1. The average Bonchev–Trinajstić information content (AvgIpc) is 3.30. The molecule has 1 amide bonds. The van der Waals surface area contributed by atoms with Gasteiger partial charge in [-0.3, -0.25) is 14.2 Å². The zero-order valence-corrected chi connectivity index (χ0v) is 16.8. The summed E-state index contributed by atoms with van der Waals surface area (Å²) in [6.07, 6.45) is 4.04. The summed E-state index contributed by atoms with van der Waals surface area (Å²) >= 11 is 0. The van der Waals surface area contributed by atoms with E-state index in [1.807, 2.05) is 30.3 Å². The Morgan fingerprint density at radius 3 is 2.83 bits per heavy atom. The number of carbonyl (C=O) groups is 1. The largest absolute Gasteiger partial charge is 0.491 e. The van der Waals surface area contributed by atoms with Gasteiger partial charge in [0.05, 0.1) is 23.3 Å². The van der Waals surface area contributed by atoms with Gasteiger partial charge in [-0.25, -0.2) is 4.98 Å². The van der Waals surface area contributed by atoms with Gasteiger partial charge in [0.1, 0.15) is 12.4 Å². The van der Waals surface area contributed by atoms with Gasteiger partial charge in [0.25, 0.3) is 5.56 Å². The zero-order valence-electron chi connectivity index (χ0n) is 16.8. The molecule has 3 aromatic rings. The SMILES string of the molecule is O=C(CCn1cnc2ccccc2c1=O)NCc1ccc(OCC2CCCO2)cc1. The topological polar surface area (TPSA) is 82.5 Å². The molecule has 7 nitrogen and oxygen atoms in total. The molecule has 0 bridgehead atoms. The first-order chi connectivity index (χ1) is 14.7. The van der Waals surface area contributed by atoms with Gasteiger partial charge in [0, 0.05) is 26.1 Å². The first-order valence-corrected chi connectivity index (χ1v) is 10.2. The Balaban J connectivity index is 1.24. The summed E-state index contributed by atoms with van der Waals surface area (Å²) in [4.78, 5) is 28.9. The number of hydrogen-bond donors (Lipinski definition) is 1. The molecule has 7 heteroatoms. The number of aryl methyl sites for hydroxylation is 1. The molecule has 0 spiro atoms. The number of carbonyl (C=O) groups excluding carboxylic acids is 1. The van der Waals surface area contributed by atoms with Gasteiger partial charge >= 0.3 is 0 Å². The molecular formula is C23H25N3O4. The normalized spacial score (nSPS) is 15.9. The summed E-state index contributed by atoms with van der Waals surface area (Å²) in [6.45, 7) is 2.10. The van der Waals surface area contributed by atoms with E-state index in [2.05, 4.69) is 10.3 Å². The van der Waals surface area contributed by atoms with E-state index in [1.54, 1.807) is 18.2 Å². The van der Waals surface area contributed by atoms with Gasteiger partial charge in [0.15, 0.2) is 0 Å². The van der Waals surface area contributed by atoms with E-state index in [1.165, 1.54) is 10.9 Å². The Bertz CT molecular complexity index is 1060. The van der Waals surface area contributed by atoms with E-state index in [-0.39, 0.29) is 24.0 Å². The van der Waals surface area contributed by atoms with Crippen LogP contribution in [0.5, 0.6) is 5.75 Å². The average molecular weight is 407 g/mol. The minimum Gasteiger partial charge on any atom is -0.491 e. The van der Waals surface area contributed by atoms with Gasteiger partial charge in [-0.2, -0.15) is 0 Å². The van der Waals surface area contributed by atoms with Crippen molar-refractivity contribution in [1.29, 1.82) is 0 Å². The molecule has 30 heavy (non-hydrogen) atoms. The van der Waals surface area contributed by atoms with Crippen LogP contribution in [0.1, 0.15) is 24.8 Å². The van der Waals surface area contributed by atoms with Crippen LogP contribution >= 0.6 is 0 Å². The minimum atomic E-state index is -0.132. The maximum Gasteiger partial charge on any atom is 0.261 e. The van der Waals surface area contributed by atoms with Crippen molar-refractivity contribution in [2.45, 2.75) is 38.5 Å². The number of ether oxygens (including phenoxy) is 2. The summed E-state index contributed by atoms with van der Waals surface area (Å²) in [7, 11) is 0. The molecule has 2 aromatic carbocycles. The van der Waals surface area contributed by atoms with Crippen molar-refractivity contribution in [3.8, 4) is 5.75 Å². The van der Waals surface area contributed by atoms with Crippen molar-refractivity contribution in [2.75, 3.05) is 13.2 Å². The summed E-state index contributed by atoms with van der Waals surface area (Å²) in [5.41, 5.74) is 1.51. The Hall–Kier alpha value is -3.19. The van der Waals surface area contributed by atoms with Gasteiger partial charge in [-0.15, -0.1) is 0 Å². The van der Waals surface area contributed by atoms with Crippen LogP contribution in [-0.2, 0) is 22.6 Å². The molecule has 1 unspecified atom stereocenters. The second-order valence-corrected chi connectivity index (χ2v) is 7.38. The van der Waals surface area contributed by atoms with Gasteiger partial charge in [0.2, 0.25) is 5.91 Å². The summed E-state index contributed by atoms with van der Waals surface area (Å²) in [5, 5.41) is 3.44. The van der Waals surface area contributed by atoms with Crippen molar-refractivity contribution < 1.29 is 14.3 Å². The molecule has 0 radical (unpaired) electrons. The predicted octanol–water partition coefficient (Wildman–Crippen LogP) is 2.66. The highest BCUT2D eigenvalue weighted by atomic mass is 16.5. The van der Waals surface area contributed by atoms with Crippen LogP contribution in [-0.4, -0.2) is 34.8 Å². The quantitative estimate of drug-likeness (QED) is 0.621. The van der Waals surface area contributed by atoms with Crippen molar-refractivity contribution in [2.24, 2.45) is 0 Å². The number of rotatable bonds is 8. The molecule has 1 saturated heterocycles. The smallest absolute Gasteiger partial charge is 0.261 e. The van der Waals surface area contributed by atoms with Crippen LogP contribution in [0.25, 0.3) is 10.9 Å². The lowest BCUT2D eigenvalue weighted by Crippen LogP contribution is -2.27. The van der Waals surface area contributed by atoms with Crippen LogP contribution in [0.2, 0.25) is 0 Å². The predicted molar refractivity (Wildman–Crippen MR) is 113 cm³/mol. The molecule has 1 aliphatic rings. The number of benzene rings is 2. The van der Waals surface area contributed by atoms with Crippen LogP contribution < -0.4 is 15.6 Å². The highest BCUT2D eigenvalue weighted by Gasteiger charge is 2.15. The third kappa shape index (κ3) is 5.04. The number of hydrogen-bond acceptors (Lipinski definition) is 5. The zero-order chi connectivity index (χ0) is 20.8. The molecule has 1 atom stereocenters. The fraction of sp³-hybridized carbons (Fsp3) is 0.348. The molecule has 4 rings (SSSR count). The van der Waals surface area contributed by atoms with E-state index in [0.717, 1.165) is 30.8 Å². The number of nitrogens with one attached hydrogen (secondary N) is 1. The van der Waals surface area contributed by atoms with E-state index in [0.29, 0.717) is 30.6 Å². The highest BCUT2D eigenvalue weighted by Crippen LogP contribution is 2.16. The van der Waals surface area contributed by atoms with E-state index >= 15 is 0 Å². The lowest BCUT2D eigenvalue weighted by Gasteiger charge is -2.12. The summed E-state index contributed by atoms with van der Waals surface area (Å²) in [5.74, 6) is 0.678. The Labute approximate surface area is 174 Å². The fourth-order valence-electron chi connectivity index (χ4n) is 3.44. The van der Waals surface area contributed by atoms with Crippen molar-refractivity contribution in [3.05, 3.63) is 70.8 Å². The minimum absolute atomic E-state index is 0.117. The lowest BCUT2D eigenvalue weighted by molar-refractivity contribution is -0.121.